The van der Waals surface area contributed by atoms with Gasteiger partial charge in [-0.25, -0.2) is 0 Å². The van der Waals surface area contributed by atoms with Crippen molar-refractivity contribution >= 4 is 17.5 Å². The van der Waals surface area contributed by atoms with Gasteiger partial charge in [0.25, 0.3) is 11.6 Å². The summed E-state index contributed by atoms with van der Waals surface area (Å²) in [6.07, 6.45) is 0.294. The molecule has 116 valence electrons. The molecule has 23 heavy (non-hydrogen) atoms. The zero-order chi connectivity index (χ0) is 16.4. The first-order valence-electron chi connectivity index (χ1n) is 7.20. The van der Waals surface area contributed by atoms with Crippen molar-refractivity contribution < 1.29 is 14.5 Å². The standard InChI is InChI=1S/C17H14N2O4/c20-16-10-14(12-4-2-1-3-5-12)11-18(16)17(21)13-6-8-15(9-7-13)19(22)23/h1-9,14H,10-11H2/t14-/m0/s1. The summed E-state index contributed by atoms with van der Waals surface area (Å²) in [4.78, 5) is 35.9. The Morgan fingerprint density at radius 3 is 2.35 bits per heavy atom. The van der Waals surface area contributed by atoms with E-state index in [9.17, 15) is 19.7 Å². The van der Waals surface area contributed by atoms with Crippen LogP contribution < -0.4 is 0 Å². The number of carbonyl (C=O) groups is 2. The second-order valence-electron chi connectivity index (χ2n) is 5.43. The molecule has 1 fully saturated rings. The van der Waals surface area contributed by atoms with Crippen molar-refractivity contribution in [3.63, 3.8) is 0 Å². The molecule has 0 N–H and O–H groups in total. The van der Waals surface area contributed by atoms with Gasteiger partial charge in [-0.05, 0) is 17.7 Å². The molecule has 1 saturated heterocycles. The normalized spacial score (nSPS) is 17.3. The highest BCUT2D eigenvalue weighted by atomic mass is 16.6. The van der Waals surface area contributed by atoms with Crippen molar-refractivity contribution in [3.8, 4) is 0 Å². The zero-order valence-electron chi connectivity index (χ0n) is 12.2. The lowest BCUT2D eigenvalue weighted by atomic mass is 9.98. The van der Waals surface area contributed by atoms with E-state index in [0.717, 1.165) is 5.56 Å². The largest absolute Gasteiger partial charge is 0.278 e. The minimum Gasteiger partial charge on any atom is -0.278 e. The van der Waals surface area contributed by atoms with Gasteiger partial charge in [0.2, 0.25) is 5.91 Å². The van der Waals surface area contributed by atoms with Crippen LogP contribution in [0.3, 0.4) is 0 Å². The number of likely N-dealkylation sites (tertiary alicyclic amines) is 1. The summed E-state index contributed by atoms with van der Waals surface area (Å²) in [5.74, 6) is -0.642. The predicted molar refractivity (Wildman–Crippen MR) is 82.9 cm³/mol. The summed E-state index contributed by atoms with van der Waals surface area (Å²) < 4.78 is 0. The maximum absolute atomic E-state index is 12.5. The number of rotatable bonds is 3. The Balaban J connectivity index is 1.77. The highest BCUT2D eigenvalue weighted by Gasteiger charge is 2.35. The molecule has 2 amide bonds. The molecule has 0 aliphatic carbocycles. The third kappa shape index (κ3) is 2.96. The number of hydrogen-bond donors (Lipinski definition) is 0. The Bertz CT molecular complexity index is 756. The van der Waals surface area contributed by atoms with Gasteiger partial charge < -0.3 is 0 Å². The fourth-order valence-corrected chi connectivity index (χ4v) is 2.73. The van der Waals surface area contributed by atoms with Crippen LogP contribution in [0.4, 0.5) is 5.69 Å². The van der Waals surface area contributed by atoms with Gasteiger partial charge in [0.05, 0.1) is 4.92 Å². The van der Waals surface area contributed by atoms with Crippen molar-refractivity contribution in [1.29, 1.82) is 0 Å². The topological polar surface area (TPSA) is 80.5 Å². The van der Waals surface area contributed by atoms with Gasteiger partial charge in [0.1, 0.15) is 0 Å². The molecule has 0 aromatic heterocycles. The number of amides is 2. The molecule has 6 heteroatoms. The smallest absolute Gasteiger partial charge is 0.269 e. The van der Waals surface area contributed by atoms with Gasteiger partial charge >= 0.3 is 0 Å². The average molecular weight is 310 g/mol. The zero-order valence-corrected chi connectivity index (χ0v) is 12.2. The first-order chi connectivity index (χ1) is 11.1. The van der Waals surface area contributed by atoms with Gasteiger partial charge in [0.15, 0.2) is 0 Å². The Morgan fingerprint density at radius 2 is 1.74 bits per heavy atom. The van der Waals surface area contributed by atoms with Crippen LogP contribution in [0.25, 0.3) is 0 Å². The van der Waals surface area contributed by atoms with Gasteiger partial charge in [-0.15, -0.1) is 0 Å². The molecule has 1 atom stereocenters. The molecule has 6 nitrogen and oxygen atoms in total. The summed E-state index contributed by atoms with van der Waals surface area (Å²) in [6.45, 7) is 0.332. The molecule has 0 radical (unpaired) electrons. The quantitative estimate of drug-likeness (QED) is 0.496. The number of non-ortho nitro benzene ring substituents is 1. The van der Waals surface area contributed by atoms with Crippen LogP contribution in [0.15, 0.2) is 54.6 Å². The minimum absolute atomic E-state index is 0.00861. The fraction of sp³-hybridized carbons (Fsp3) is 0.176. The Kier molecular flexibility index (Phi) is 3.89. The highest BCUT2D eigenvalue weighted by Crippen LogP contribution is 2.29. The van der Waals surface area contributed by atoms with E-state index >= 15 is 0 Å². The first-order valence-corrected chi connectivity index (χ1v) is 7.20. The molecule has 1 heterocycles. The number of carbonyl (C=O) groups excluding carboxylic acids is 2. The number of nitrogens with zero attached hydrogens (tertiary/aromatic N) is 2. The number of nitro benzene ring substituents is 1. The van der Waals surface area contributed by atoms with Crippen molar-refractivity contribution in [2.75, 3.05) is 6.54 Å². The van der Waals surface area contributed by atoms with E-state index in [2.05, 4.69) is 0 Å². The number of hydrogen-bond acceptors (Lipinski definition) is 4. The molecular weight excluding hydrogens is 296 g/mol. The molecule has 3 rings (SSSR count). The molecule has 0 spiro atoms. The van der Waals surface area contributed by atoms with Crippen LogP contribution >= 0.6 is 0 Å². The second kappa shape index (κ2) is 6.00. The third-order valence-corrected chi connectivity index (χ3v) is 3.97. The minimum atomic E-state index is -0.527. The highest BCUT2D eigenvalue weighted by molar-refractivity contribution is 6.06. The van der Waals surface area contributed by atoms with Crippen molar-refractivity contribution in [1.82, 2.24) is 4.90 Å². The Morgan fingerprint density at radius 1 is 1.09 bits per heavy atom. The van der Waals surface area contributed by atoms with Crippen molar-refractivity contribution in [3.05, 3.63) is 75.8 Å². The molecule has 1 aliphatic heterocycles. The van der Waals surface area contributed by atoms with E-state index in [1.807, 2.05) is 30.3 Å². The van der Waals surface area contributed by atoms with Crippen LogP contribution in [-0.4, -0.2) is 28.2 Å². The SMILES string of the molecule is O=C1C[C@H](c2ccccc2)CN1C(=O)c1ccc([N+](=O)[O-])cc1. The van der Waals surface area contributed by atoms with Crippen LogP contribution in [0.1, 0.15) is 28.3 Å². The first kappa shape index (κ1) is 14.9. The second-order valence-corrected chi connectivity index (χ2v) is 5.43. The van der Waals surface area contributed by atoms with Gasteiger partial charge in [-0.3, -0.25) is 24.6 Å². The van der Waals surface area contributed by atoms with Gasteiger partial charge in [-0.2, -0.15) is 0 Å². The number of benzene rings is 2. The Hall–Kier alpha value is -3.02. The number of nitro groups is 1. The van der Waals surface area contributed by atoms with Gasteiger partial charge in [0, 0.05) is 36.6 Å². The summed E-state index contributed by atoms with van der Waals surface area (Å²) in [7, 11) is 0. The summed E-state index contributed by atoms with van der Waals surface area (Å²) in [6, 6.07) is 14.9. The predicted octanol–water partition coefficient (Wildman–Crippen LogP) is 2.75. The lowest BCUT2D eigenvalue weighted by Gasteiger charge is -2.15. The third-order valence-electron chi connectivity index (χ3n) is 3.97. The summed E-state index contributed by atoms with van der Waals surface area (Å²) >= 11 is 0. The average Bonchev–Trinajstić information content (AvgIpc) is 2.97. The summed E-state index contributed by atoms with van der Waals surface area (Å²) in [5, 5.41) is 10.6. The molecule has 2 aromatic rings. The molecule has 0 saturated carbocycles. The fourth-order valence-electron chi connectivity index (χ4n) is 2.73. The van der Waals surface area contributed by atoms with E-state index in [1.165, 1.54) is 29.2 Å². The summed E-state index contributed by atoms with van der Waals surface area (Å²) in [5.41, 5.74) is 1.22. The molecule has 1 aliphatic rings. The molecular formula is C17H14N2O4. The number of imide groups is 1. The molecule has 0 unspecified atom stereocenters. The van der Waals surface area contributed by atoms with E-state index in [1.54, 1.807) is 0 Å². The van der Waals surface area contributed by atoms with E-state index in [-0.39, 0.29) is 23.1 Å². The van der Waals surface area contributed by atoms with Crippen molar-refractivity contribution in [2.45, 2.75) is 12.3 Å². The van der Waals surface area contributed by atoms with E-state index in [4.69, 9.17) is 0 Å². The lowest BCUT2D eigenvalue weighted by Crippen LogP contribution is -2.32. The van der Waals surface area contributed by atoms with Crippen molar-refractivity contribution in [2.24, 2.45) is 0 Å². The maximum atomic E-state index is 12.5. The van der Waals surface area contributed by atoms with Crippen LogP contribution in [0, 0.1) is 10.1 Å². The molecule has 2 aromatic carbocycles. The Labute approximate surface area is 132 Å². The van der Waals surface area contributed by atoms with Crippen LogP contribution in [0.5, 0.6) is 0 Å². The molecule has 0 bridgehead atoms. The van der Waals surface area contributed by atoms with E-state index in [0.29, 0.717) is 13.0 Å². The van der Waals surface area contributed by atoms with Crippen LogP contribution in [0.2, 0.25) is 0 Å². The monoisotopic (exact) mass is 310 g/mol. The van der Waals surface area contributed by atoms with Crippen LogP contribution in [-0.2, 0) is 4.79 Å². The maximum Gasteiger partial charge on any atom is 0.269 e. The van der Waals surface area contributed by atoms with Gasteiger partial charge in [-0.1, -0.05) is 30.3 Å². The lowest BCUT2D eigenvalue weighted by molar-refractivity contribution is -0.384. The van der Waals surface area contributed by atoms with E-state index < -0.39 is 10.8 Å².